The highest BCUT2D eigenvalue weighted by Crippen LogP contribution is 2.23. The molecule has 0 spiro atoms. The van der Waals surface area contributed by atoms with Crippen LogP contribution in [0.2, 0.25) is 4.34 Å². The highest BCUT2D eigenvalue weighted by molar-refractivity contribution is 7.16. The van der Waals surface area contributed by atoms with Gasteiger partial charge in [-0.25, -0.2) is 4.39 Å². The third kappa shape index (κ3) is 4.80. The summed E-state index contributed by atoms with van der Waals surface area (Å²) in [4.78, 5) is 12.9. The number of carbonyl (C=O) groups is 1. The topological polar surface area (TPSA) is 49.3 Å². The Hall–Kier alpha value is -1.43. The summed E-state index contributed by atoms with van der Waals surface area (Å²) in [6.07, 6.45) is 0.943. The van der Waals surface area contributed by atoms with Gasteiger partial charge in [0.1, 0.15) is 11.4 Å². The van der Waals surface area contributed by atoms with E-state index in [1.165, 1.54) is 35.6 Å². The Morgan fingerprint density at radius 2 is 2.00 bits per heavy atom. The average Bonchev–Trinajstić information content (AvgIpc) is 2.89. The van der Waals surface area contributed by atoms with Gasteiger partial charge in [-0.05, 0) is 43.2 Å². The number of aliphatic hydroxyl groups is 1. The fraction of sp³-hybridized carbons (Fsp3) is 0.312. The largest absolute Gasteiger partial charge is 0.384 e. The first kappa shape index (κ1) is 16.9. The van der Waals surface area contributed by atoms with Gasteiger partial charge in [-0.1, -0.05) is 23.7 Å². The van der Waals surface area contributed by atoms with E-state index in [1.807, 2.05) is 6.07 Å². The van der Waals surface area contributed by atoms with E-state index in [-0.39, 0.29) is 18.3 Å². The molecule has 0 aliphatic carbocycles. The van der Waals surface area contributed by atoms with Gasteiger partial charge in [-0.15, -0.1) is 11.3 Å². The first-order chi connectivity index (χ1) is 10.4. The molecule has 0 saturated heterocycles. The lowest BCUT2D eigenvalue weighted by atomic mass is 9.96. The molecular weight excluding hydrogens is 325 g/mol. The molecule has 0 saturated carbocycles. The maximum absolute atomic E-state index is 12.9. The van der Waals surface area contributed by atoms with Gasteiger partial charge < -0.3 is 10.4 Å². The molecule has 0 bridgehead atoms. The van der Waals surface area contributed by atoms with Crippen LogP contribution in [0.5, 0.6) is 0 Å². The van der Waals surface area contributed by atoms with Crippen LogP contribution in [0.4, 0.5) is 4.39 Å². The van der Waals surface area contributed by atoms with E-state index in [9.17, 15) is 14.3 Å². The summed E-state index contributed by atoms with van der Waals surface area (Å²) < 4.78 is 13.6. The van der Waals surface area contributed by atoms with E-state index in [0.717, 1.165) is 4.88 Å². The third-order valence-electron chi connectivity index (χ3n) is 3.32. The van der Waals surface area contributed by atoms with Gasteiger partial charge in [0.15, 0.2) is 0 Å². The van der Waals surface area contributed by atoms with E-state index >= 15 is 0 Å². The Bertz CT molecular complexity index is 640. The molecule has 0 fully saturated rings. The minimum Gasteiger partial charge on any atom is -0.384 e. The van der Waals surface area contributed by atoms with Crippen LogP contribution in [0.25, 0.3) is 0 Å². The highest BCUT2D eigenvalue weighted by atomic mass is 35.5. The molecule has 22 heavy (non-hydrogen) atoms. The maximum Gasteiger partial charge on any atom is 0.220 e. The zero-order valence-corrected chi connectivity index (χ0v) is 13.7. The minimum absolute atomic E-state index is 0.0721. The second-order valence-electron chi connectivity index (χ2n) is 5.26. The Labute approximate surface area is 137 Å². The Balaban J connectivity index is 1.83. The van der Waals surface area contributed by atoms with Crippen LogP contribution in [-0.4, -0.2) is 17.6 Å². The first-order valence-corrected chi connectivity index (χ1v) is 8.05. The molecule has 0 aliphatic rings. The molecule has 1 heterocycles. The lowest BCUT2D eigenvalue weighted by Crippen LogP contribution is -2.38. The molecular formula is C16H17ClFNO2S. The number of thiophene rings is 1. The summed E-state index contributed by atoms with van der Waals surface area (Å²) in [5.74, 6) is -0.509. The smallest absolute Gasteiger partial charge is 0.220 e. The van der Waals surface area contributed by atoms with Crippen molar-refractivity contribution in [2.24, 2.45) is 0 Å². The lowest BCUT2D eigenvalue weighted by Gasteiger charge is -2.24. The fourth-order valence-corrected chi connectivity index (χ4v) is 3.08. The van der Waals surface area contributed by atoms with Crippen LogP contribution in [0, 0.1) is 5.82 Å². The average molecular weight is 342 g/mol. The molecule has 0 radical (unpaired) electrons. The predicted molar refractivity (Wildman–Crippen MR) is 86.6 cm³/mol. The number of amides is 1. The van der Waals surface area contributed by atoms with Crippen molar-refractivity contribution in [3.8, 4) is 0 Å². The van der Waals surface area contributed by atoms with Gasteiger partial charge in [-0.3, -0.25) is 4.79 Å². The molecule has 1 amide bonds. The Kier molecular flexibility index (Phi) is 5.56. The summed E-state index contributed by atoms with van der Waals surface area (Å²) >= 11 is 7.29. The summed E-state index contributed by atoms with van der Waals surface area (Å²) in [5, 5.41) is 13.1. The predicted octanol–water partition coefficient (Wildman–Crippen LogP) is 3.50. The normalized spacial score (nSPS) is 13.6. The van der Waals surface area contributed by atoms with E-state index in [2.05, 4.69) is 5.32 Å². The number of rotatable bonds is 6. The van der Waals surface area contributed by atoms with Crippen LogP contribution in [0.1, 0.15) is 23.8 Å². The molecule has 1 atom stereocenters. The number of aryl methyl sites for hydroxylation is 1. The summed E-state index contributed by atoms with van der Waals surface area (Å²) in [5.41, 5.74) is -0.686. The summed E-state index contributed by atoms with van der Waals surface area (Å²) in [7, 11) is 0. The van der Waals surface area contributed by atoms with Crippen molar-refractivity contribution < 1.29 is 14.3 Å². The monoisotopic (exact) mass is 341 g/mol. The number of carbonyl (C=O) groups excluding carboxylic acids is 1. The standard InChI is InChI=1S/C16H17ClFNO2S/c1-16(21,11-2-4-12(18)5-3-11)10-19-15(20)9-7-13-6-8-14(17)22-13/h2-6,8,21H,7,9-10H2,1H3,(H,19,20). The summed E-state index contributed by atoms with van der Waals surface area (Å²) in [6.45, 7) is 1.65. The second-order valence-corrected chi connectivity index (χ2v) is 7.06. The number of benzene rings is 1. The Morgan fingerprint density at radius 3 is 2.59 bits per heavy atom. The molecule has 2 rings (SSSR count). The van der Waals surface area contributed by atoms with E-state index in [1.54, 1.807) is 13.0 Å². The van der Waals surface area contributed by atoms with Crippen molar-refractivity contribution in [3.63, 3.8) is 0 Å². The highest BCUT2D eigenvalue weighted by Gasteiger charge is 2.23. The Morgan fingerprint density at radius 1 is 1.32 bits per heavy atom. The number of hydrogen-bond donors (Lipinski definition) is 2. The van der Waals surface area contributed by atoms with Gasteiger partial charge >= 0.3 is 0 Å². The minimum atomic E-state index is -1.24. The molecule has 2 N–H and O–H groups in total. The van der Waals surface area contributed by atoms with E-state index < -0.39 is 5.60 Å². The van der Waals surface area contributed by atoms with Crippen molar-refractivity contribution in [1.29, 1.82) is 0 Å². The quantitative estimate of drug-likeness (QED) is 0.845. The van der Waals surface area contributed by atoms with Gasteiger partial charge in [0.2, 0.25) is 5.91 Å². The first-order valence-electron chi connectivity index (χ1n) is 6.86. The fourth-order valence-electron chi connectivity index (χ4n) is 1.99. The lowest BCUT2D eigenvalue weighted by molar-refractivity contribution is -0.122. The number of halogens is 2. The van der Waals surface area contributed by atoms with E-state index in [4.69, 9.17) is 11.6 Å². The third-order valence-corrected chi connectivity index (χ3v) is 4.61. The van der Waals surface area contributed by atoms with Crippen LogP contribution >= 0.6 is 22.9 Å². The van der Waals surface area contributed by atoms with Gasteiger partial charge in [0.05, 0.1) is 10.9 Å². The molecule has 118 valence electrons. The van der Waals surface area contributed by atoms with Gasteiger partial charge in [-0.2, -0.15) is 0 Å². The van der Waals surface area contributed by atoms with Crippen molar-refractivity contribution in [3.05, 3.63) is 57.0 Å². The van der Waals surface area contributed by atoms with E-state index in [0.29, 0.717) is 22.7 Å². The molecule has 1 unspecified atom stereocenters. The van der Waals surface area contributed by atoms with Crippen molar-refractivity contribution in [2.45, 2.75) is 25.4 Å². The van der Waals surface area contributed by atoms with Crippen LogP contribution in [-0.2, 0) is 16.8 Å². The van der Waals surface area contributed by atoms with Crippen LogP contribution in [0.15, 0.2) is 36.4 Å². The van der Waals surface area contributed by atoms with Gasteiger partial charge in [0, 0.05) is 11.3 Å². The molecule has 2 aromatic rings. The van der Waals surface area contributed by atoms with Crippen molar-refractivity contribution in [2.75, 3.05) is 6.54 Å². The number of nitrogens with one attached hydrogen (secondary N) is 1. The molecule has 3 nitrogen and oxygen atoms in total. The molecule has 6 heteroatoms. The zero-order chi connectivity index (χ0) is 16.2. The molecule has 1 aromatic carbocycles. The molecule has 1 aromatic heterocycles. The maximum atomic E-state index is 12.9. The zero-order valence-electron chi connectivity index (χ0n) is 12.1. The van der Waals surface area contributed by atoms with Crippen molar-refractivity contribution >= 4 is 28.8 Å². The number of hydrogen-bond acceptors (Lipinski definition) is 3. The second kappa shape index (κ2) is 7.22. The molecule has 0 aliphatic heterocycles. The van der Waals surface area contributed by atoms with Crippen molar-refractivity contribution in [1.82, 2.24) is 5.32 Å². The van der Waals surface area contributed by atoms with Crippen LogP contribution in [0.3, 0.4) is 0 Å². The summed E-state index contributed by atoms with van der Waals surface area (Å²) in [6, 6.07) is 9.29. The van der Waals surface area contributed by atoms with Gasteiger partial charge in [0.25, 0.3) is 0 Å². The van der Waals surface area contributed by atoms with Crippen LogP contribution < -0.4 is 5.32 Å². The SMILES string of the molecule is CC(O)(CNC(=O)CCc1ccc(Cl)s1)c1ccc(F)cc1.